The average molecular weight is 340 g/mol. The van der Waals surface area contributed by atoms with Crippen molar-refractivity contribution in [3.63, 3.8) is 0 Å². The highest BCUT2D eigenvalue weighted by Gasteiger charge is 2.38. The van der Waals surface area contributed by atoms with E-state index in [0.29, 0.717) is 24.4 Å². The van der Waals surface area contributed by atoms with Crippen LogP contribution in [0.1, 0.15) is 31.2 Å². The second-order valence-electron chi connectivity index (χ2n) is 6.09. The van der Waals surface area contributed by atoms with Gasteiger partial charge in [0.2, 0.25) is 0 Å². The molecule has 0 aromatic heterocycles. The van der Waals surface area contributed by atoms with Gasteiger partial charge in [0, 0.05) is 31.1 Å². The molecule has 5 nitrogen and oxygen atoms in total. The van der Waals surface area contributed by atoms with Crippen LogP contribution in [0.3, 0.4) is 0 Å². The van der Waals surface area contributed by atoms with Crippen LogP contribution in [-0.2, 0) is 5.60 Å². The van der Waals surface area contributed by atoms with E-state index in [2.05, 4.69) is 16.0 Å². The zero-order chi connectivity index (χ0) is 16.7. The second kappa shape index (κ2) is 8.52. The number of rotatable bonds is 6. The maximum absolute atomic E-state index is 11.4. The molecule has 2 amide bonds. The summed E-state index contributed by atoms with van der Waals surface area (Å²) in [5, 5.41) is 20.7. The van der Waals surface area contributed by atoms with Crippen LogP contribution in [0.15, 0.2) is 24.3 Å². The first kappa shape index (κ1) is 18.0. The van der Waals surface area contributed by atoms with Crippen LogP contribution in [0.2, 0.25) is 5.02 Å². The number of aliphatic hydroxyl groups is 1. The predicted octanol–water partition coefficient (Wildman–Crippen LogP) is 2.24. The number of hydrogen-bond acceptors (Lipinski definition) is 3. The number of piperidine rings is 1. The van der Waals surface area contributed by atoms with Crippen LogP contribution in [0.25, 0.3) is 0 Å². The smallest absolute Gasteiger partial charge is 0.314 e. The van der Waals surface area contributed by atoms with Crippen molar-refractivity contribution in [2.75, 3.05) is 26.7 Å². The number of nitrogens with one attached hydrogen (secondary N) is 3. The SMILES string of the molecule is CNC(=O)NCCCC(O)(c1cccc(Cl)c1)[C@@H]1CCCNC1. The quantitative estimate of drug-likeness (QED) is 0.601. The molecule has 1 heterocycles. The number of hydrogen-bond donors (Lipinski definition) is 4. The van der Waals surface area contributed by atoms with E-state index in [1.807, 2.05) is 24.3 Å². The van der Waals surface area contributed by atoms with Gasteiger partial charge in [-0.3, -0.25) is 0 Å². The summed E-state index contributed by atoms with van der Waals surface area (Å²) in [4.78, 5) is 11.2. The van der Waals surface area contributed by atoms with Gasteiger partial charge in [0.25, 0.3) is 0 Å². The molecule has 128 valence electrons. The van der Waals surface area contributed by atoms with Gasteiger partial charge in [0.05, 0.1) is 5.60 Å². The van der Waals surface area contributed by atoms with Crippen LogP contribution in [-0.4, -0.2) is 37.8 Å². The van der Waals surface area contributed by atoms with Gasteiger partial charge >= 0.3 is 6.03 Å². The molecule has 0 bridgehead atoms. The first-order valence-electron chi connectivity index (χ1n) is 8.21. The lowest BCUT2D eigenvalue weighted by molar-refractivity contribution is -0.0419. The van der Waals surface area contributed by atoms with E-state index in [-0.39, 0.29) is 11.9 Å². The molecule has 0 saturated carbocycles. The molecule has 23 heavy (non-hydrogen) atoms. The lowest BCUT2D eigenvalue weighted by Gasteiger charge is -2.39. The van der Waals surface area contributed by atoms with Gasteiger partial charge in [-0.15, -0.1) is 0 Å². The van der Waals surface area contributed by atoms with E-state index in [1.165, 1.54) is 0 Å². The number of carbonyl (C=O) groups excluding carboxylic acids is 1. The molecule has 1 saturated heterocycles. The normalized spacial score (nSPS) is 20.6. The molecule has 2 rings (SSSR count). The van der Waals surface area contributed by atoms with Crippen molar-refractivity contribution in [2.45, 2.75) is 31.3 Å². The largest absolute Gasteiger partial charge is 0.385 e. The van der Waals surface area contributed by atoms with Gasteiger partial charge in [0.15, 0.2) is 0 Å². The van der Waals surface area contributed by atoms with E-state index >= 15 is 0 Å². The van der Waals surface area contributed by atoms with Gasteiger partial charge in [0.1, 0.15) is 0 Å². The minimum absolute atomic E-state index is 0.148. The molecular formula is C17H26ClN3O2. The molecule has 0 spiro atoms. The fourth-order valence-electron chi connectivity index (χ4n) is 3.25. The summed E-state index contributed by atoms with van der Waals surface area (Å²) in [6.07, 6.45) is 3.33. The fourth-order valence-corrected chi connectivity index (χ4v) is 3.44. The third-order valence-corrected chi connectivity index (χ3v) is 4.78. The minimum Gasteiger partial charge on any atom is -0.385 e. The number of amides is 2. The molecule has 4 N–H and O–H groups in total. The molecule has 0 aliphatic carbocycles. The highest BCUT2D eigenvalue weighted by Crippen LogP contribution is 2.38. The summed E-state index contributed by atoms with van der Waals surface area (Å²) in [5.74, 6) is 0.148. The van der Waals surface area contributed by atoms with Gasteiger partial charge < -0.3 is 21.1 Å². The number of halogens is 1. The first-order chi connectivity index (χ1) is 11.1. The molecular weight excluding hydrogens is 314 g/mol. The molecule has 1 unspecified atom stereocenters. The summed E-state index contributed by atoms with van der Waals surface area (Å²) in [7, 11) is 1.59. The van der Waals surface area contributed by atoms with E-state index < -0.39 is 5.60 Å². The van der Waals surface area contributed by atoms with Crippen molar-refractivity contribution in [1.29, 1.82) is 0 Å². The molecule has 1 fully saturated rings. The molecule has 1 aromatic carbocycles. The van der Waals surface area contributed by atoms with Gasteiger partial charge in [-0.1, -0.05) is 23.7 Å². The standard InChI is InChI=1S/C17H26ClN3O2/c1-19-16(22)21-10-4-8-17(23,14-6-3-9-20-12-14)13-5-2-7-15(18)11-13/h2,5,7,11,14,20,23H,3-4,6,8-10,12H2,1H3,(H2,19,21,22)/t14-,17?/m1/s1. The Kier molecular flexibility index (Phi) is 6.69. The van der Waals surface area contributed by atoms with Crippen molar-refractivity contribution >= 4 is 17.6 Å². The van der Waals surface area contributed by atoms with Crippen LogP contribution < -0.4 is 16.0 Å². The van der Waals surface area contributed by atoms with Crippen molar-refractivity contribution in [2.24, 2.45) is 5.92 Å². The van der Waals surface area contributed by atoms with Crippen molar-refractivity contribution in [3.8, 4) is 0 Å². The number of carbonyl (C=O) groups is 1. The Bertz CT molecular complexity index is 520. The summed E-state index contributed by atoms with van der Waals surface area (Å²) in [6, 6.07) is 7.28. The molecule has 1 aliphatic heterocycles. The van der Waals surface area contributed by atoms with E-state index in [4.69, 9.17) is 11.6 Å². The van der Waals surface area contributed by atoms with E-state index in [9.17, 15) is 9.90 Å². The predicted molar refractivity (Wildman–Crippen MR) is 92.6 cm³/mol. The third kappa shape index (κ3) is 4.83. The maximum Gasteiger partial charge on any atom is 0.314 e. The van der Waals surface area contributed by atoms with E-state index in [0.717, 1.165) is 31.5 Å². The van der Waals surface area contributed by atoms with Crippen molar-refractivity contribution in [1.82, 2.24) is 16.0 Å². The minimum atomic E-state index is -0.928. The molecule has 1 aromatic rings. The topological polar surface area (TPSA) is 73.4 Å². The van der Waals surface area contributed by atoms with Crippen molar-refractivity contribution < 1.29 is 9.90 Å². The number of benzene rings is 1. The third-order valence-electron chi connectivity index (χ3n) is 4.54. The van der Waals surface area contributed by atoms with Crippen LogP contribution in [0.4, 0.5) is 4.79 Å². The van der Waals surface area contributed by atoms with Gasteiger partial charge in [-0.25, -0.2) is 4.79 Å². The zero-order valence-electron chi connectivity index (χ0n) is 13.6. The zero-order valence-corrected chi connectivity index (χ0v) is 14.3. The fraction of sp³-hybridized carbons (Fsp3) is 0.588. The van der Waals surface area contributed by atoms with E-state index in [1.54, 1.807) is 7.05 Å². The monoisotopic (exact) mass is 339 g/mol. The van der Waals surface area contributed by atoms with Gasteiger partial charge in [-0.05, 0) is 49.9 Å². The Morgan fingerprint density at radius 2 is 2.35 bits per heavy atom. The Morgan fingerprint density at radius 3 is 3.00 bits per heavy atom. The molecule has 2 atom stereocenters. The first-order valence-corrected chi connectivity index (χ1v) is 8.59. The Hall–Kier alpha value is -1.30. The van der Waals surface area contributed by atoms with Crippen LogP contribution >= 0.6 is 11.6 Å². The summed E-state index contributed by atoms with van der Waals surface area (Å²) in [5.41, 5.74) is -0.0680. The molecule has 1 aliphatic rings. The average Bonchev–Trinajstić information content (AvgIpc) is 2.59. The second-order valence-corrected chi connectivity index (χ2v) is 6.52. The van der Waals surface area contributed by atoms with Crippen LogP contribution in [0.5, 0.6) is 0 Å². The Morgan fingerprint density at radius 1 is 1.52 bits per heavy atom. The summed E-state index contributed by atoms with van der Waals surface area (Å²) < 4.78 is 0. The molecule has 6 heteroatoms. The maximum atomic E-state index is 11.4. The Balaban J connectivity index is 2.09. The lowest BCUT2D eigenvalue weighted by atomic mass is 9.74. The highest BCUT2D eigenvalue weighted by molar-refractivity contribution is 6.30. The molecule has 0 radical (unpaired) electrons. The Labute approximate surface area is 142 Å². The van der Waals surface area contributed by atoms with Crippen LogP contribution in [0, 0.1) is 5.92 Å². The van der Waals surface area contributed by atoms with Gasteiger partial charge in [-0.2, -0.15) is 0 Å². The summed E-state index contributed by atoms with van der Waals surface area (Å²) >= 11 is 6.12. The number of urea groups is 1. The van der Waals surface area contributed by atoms with Crippen molar-refractivity contribution in [3.05, 3.63) is 34.9 Å². The highest BCUT2D eigenvalue weighted by atomic mass is 35.5. The lowest BCUT2D eigenvalue weighted by Crippen LogP contribution is -2.45. The summed E-state index contributed by atoms with van der Waals surface area (Å²) in [6.45, 7) is 2.33.